The first-order valence-electron chi connectivity index (χ1n) is 8.47. The minimum absolute atomic E-state index is 0.0627. The number of methoxy groups -OCH3 is 1. The molecular formula is C19H25NO3. The maximum atomic E-state index is 11.3. The molecular weight excluding hydrogens is 290 g/mol. The van der Waals surface area contributed by atoms with Gasteiger partial charge in [0.15, 0.2) is 0 Å². The molecule has 1 saturated carbocycles. The second-order valence-electron chi connectivity index (χ2n) is 6.63. The fourth-order valence-corrected chi connectivity index (χ4v) is 3.90. The molecule has 124 valence electrons. The molecule has 23 heavy (non-hydrogen) atoms. The summed E-state index contributed by atoms with van der Waals surface area (Å²) < 4.78 is 7.65. The Hall–Kier alpha value is -1.97. The third-order valence-electron chi connectivity index (χ3n) is 5.15. The molecule has 1 fully saturated rings. The largest absolute Gasteiger partial charge is 0.497 e. The lowest BCUT2D eigenvalue weighted by molar-refractivity contribution is -0.136. The summed E-state index contributed by atoms with van der Waals surface area (Å²) in [6.45, 7) is 3.04. The summed E-state index contributed by atoms with van der Waals surface area (Å²) in [5, 5.41) is 10.3. The lowest BCUT2D eigenvalue weighted by atomic mass is 9.89. The predicted octanol–water partition coefficient (Wildman–Crippen LogP) is 4.17. The zero-order chi connectivity index (χ0) is 16.4. The summed E-state index contributed by atoms with van der Waals surface area (Å²) in [5.41, 5.74) is 3.13. The molecule has 1 N–H and O–H groups in total. The van der Waals surface area contributed by atoms with Crippen LogP contribution in [0.2, 0.25) is 0 Å². The van der Waals surface area contributed by atoms with Gasteiger partial charge in [0.05, 0.1) is 13.5 Å². The molecule has 0 aliphatic heterocycles. The molecule has 3 rings (SSSR count). The molecule has 0 radical (unpaired) electrons. The van der Waals surface area contributed by atoms with Gasteiger partial charge in [-0.15, -0.1) is 0 Å². The van der Waals surface area contributed by atoms with Crippen molar-refractivity contribution in [1.29, 1.82) is 0 Å². The second-order valence-corrected chi connectivity index (χ2v) is 6.63. The van der Waals surface area contributed by atoms with Gasteiger partial charge < -0.3 is 14.4 Å². The van der Waals surface area contributed by atoms with Gasteiger partial charge in [-0.2, -0.15) is 0 Å². The van der Waals surface area contributed by atoms with E-state index in [1.54, 1.807) is 7.11 Å². The minimum Gasteiger partial charge on any atom is -0.497 e. The molecule has 0 spiro atoms. The SMILES string of the molecule is COc1ccc2c(c1)c(CC(=O)O)c(C)n2CC1CCCCC1. The lowest BCUT2D eigenvalue weighted by Gasteiger charge is -2.23. The predicted molar refractivity (Wildman–Crippen MR) is 91.1 cm³/mol. The molecule has 1 aliphatic rings. The molecule has 0 bridgehead atoms. The molecule has 2 aromatic rings. The second kappa shape index (κ2) is 6.65. The fourth-order valence-electron chi connectivity index (χ4n) is 3.90. The van der Waals surface area contributed by atoms with Gasteiger partial charge in [-0.1, -0.05) is 19.3 Å². The van der Waals surface area contributed by atoms with Gasteiger partial charge in [0, 0.05) is 23.1 Å². The molecule has 1 heterocycles. The van der Waals surface area contributed by atoms with E-state index in [-0.39, 0.29) is 6.42 Å². The number of hydrogen-bond acceptors (Lipinski definition) is 2. The summed E-state index contributed by atoms with van der Waals surface area (Å²) in [7, 11) is 1.64. The molecule has 1 aromatic heterocycles. The normalized spacial score (nSPS) is 15.9. The number of nitrogens with zero attached hydrogens (tertiary/aromatic N) is 1. The number of ether oxygens (including phenoxy) is 1. The first-order chi connectivity index (χ1) is 11.1. The number of carboxylic acids is 1. The van der Waals surface area contributed by atoms with Gasteiger partial charge in [-0.25, -0.2) is 0 Å². The topological polar surface area (TPSA) is 51.5 Å². The summed E-state index contributed by atoms with van der Waals surface area (Å²) in [6.07, 6.45) is 6.61. The van der Waals surface area contributed by atoms with E-state index in [2.05, 4.69) is 10.6 Å². The van der Waals surface area contributed by atoms with Crippen molar-refractivity contribution in [3.05, 3.63) is 29.5 Å². The quantitative estimate of drug-likeness (QED) is 0.901. The fraction of sp³-hybridized carbons (Fsp3) is 0.526. The Bertz CT molecular complexity index is 711. The summed E-state index contributed by atoms with van der Waals surface area (Å²) in [5.74, 6) is 0.699. The maximum absolute atomic E-state index is 11.3. The van der Waals surface area contributed by atoms with Crippen LogP contribution in [-0.2, 0) is 17.8 Å². The van der Waals surface area contributed by atoms with Crippen LogP contribution in [0.15, 0.2) is 18.2 Å². The minimum atomic E-state index is -0.785. The van der Waals surface area contributed by atoms with Crippen LogP contribution in [0, 0.1) is 12.8 Å². The monoisotopic (exact) mass is 315 g/mol. The number of benzene rings is 1. The van der Waals surface area contributed by atoms with E-state index in [0.29, 0.717) is 5.92 Å². The number of aliphatic carboxylic acids is 1. The van der Waals surface area contributed by atoms with Crippen molar-refractivity contribution in [2.75, 3.05) is 7.11 Å². The zero-order valence-corrected chi connectivity index (χ0v) is 14.0. The van der Waals surface area contributed by atoms with Crippen molar-refractivity contribution in [2.45, 2.75) is 52.0 Å². The molecule has 1 aromatic carbocycles. The van der Waals surface area contributed by atoms with Crippen LogP contribution in [0.4, 0.5) is 0 Å². The maximum Gasteiger partial charge on any atom is 0.307 e. The van der Waals surface area contributed by atoms with Gasteiger partial charge in [-0.05, 0) is 49.4 Å². The van der Waals surface area contributed by atoms with Crippen LogP contribution >= 0.6 is 0 Å². The van der Waals surface area contributed by atoms with Crippen molar-refractivity contribution >= 4 is 16.9 Å². The highest BCUT2D eigenvalue weighted by Gasteiger charge is 2.20. The Morgan fingerprint density at radius 3 is 2.70 bits per heavy atom. The molecule has 0 unspecified atom stereocenters. The lowest BCUT2D eigenvalue weighted by Crippen LogP contribution is -2.15. The van der Waals surface area contributed by atoms with E-state index in [1.807, 2.05) is 19.1 Å². The molecule has 0 saturated heterocycles. The van der Waals surface area contributed by atoms with Crippen molar-refractivity contribution in [2.24, 2.45) is 5.92 Å². The van der Waals surface area contributed by atoms with Crippen molar-refractivity contribution in [3.63, 3.8) is 0 Å². The van der Waals surface area contributed by atoms with E-state index in [4.69, 9.17) is 4.74 Å². The molecule has 0 atom stereocenters. The first kappa shape index (κ1) is 15.9. The van der Waals surface area contributed by atoms with Crippen LogP contribution in [0.1, 0.15) is 43.4 Å². The van der Waals surface area contributed by atoms with Gasteiger partial charge >= 0.3 is 5.97 Å². The summed E-state index contributed by atoms with van der Waals surface area (Å²) >= 11 is 0. The van der Waals surface area contributed by atoms with E-state index < -0.39 is 5.97 Å². The summed E-state index contributed by atoms with van der Waals surface area (Å²) in [6, 6.07) is 6.00. The zero-order valence-electron chi connectivity index (χ0n) is 14.0. The number of rotatable bonds is 5. The summed E-state index contributed by atoms with van der Waals surface area (Å²) in [4.78, 5) is 11.3. The Morgan fingerprint density at radius 2 is 2.04 bits per heavy atom. The highest BCUT2D eigenvalue weighted by Crippen LogP contribution is 2.33. The Labute approximate surface area is 137 Å². The number of carboxylic acid groups (broad SMARTS) is 1. The number of fused-ring (bicyclic) bond motifs is 1. The number of aromatic nitrogens is 1. The van der Waals surface area contributed by atoms with Crippen LogP contribution < -0.4 is 4.74 Å². The Kier molecular flexibility index (Phi) is 4.60. The van der Waals surface area contributed by atoms with Crippen molar-refractivity contribution in [3.8, 4) is 5.75 Å². The molecule has 0 amide bonds. The number of carbonyl (C=O) groups is 1. The first-order valence-corrected chi connectivity index (χ1v) is 8.47. The van der Waals surface area contributed by atoms with E-state index >= 15 is 0 Å². The average molecular weight is 315 g/mol. The molecule has 4 nitrogen and oxygen atoms in total. The van der Waals surface area contributed by atoms with Gasteiger partial charge in [0.1, 0.15) is 5.75 Å². The van der Waals surface area contributed by atoms with Gasteiger partial charge in [-0.3, -0.25) is 4.79 Å². The molecule has 4 heteroatoms. The Morgan fingerprint density at radius 1 is 1.30 bits per heavy atom. The van der Waals surface area contributed by atoms with E-state index in [1.165, 1.54) is 32.1 Å². The Balaban J connectivity index is 2.05. The third-order valence-corrected chi connectivity index (χ3v) is 5.15. The van der Waals surface area contributed by atoms with E-state index in [9.17, 15) is 9.90 Å². The molecule has 1 aliphatic carbocycles. The van der Waals surface area contributed by atoms with Crippen molar-refractivity contribution in [1.82, 2.24) is 4.57 Å². The third kappa shape index (κ3) is 3.21. The van der Waals surface area contributed by atoms with Gasteiger partial charge in [0.2, 0.25) is 0 Å². The highest BCUT2D eigenvalue weighted by atomic mass is 16.5. The average Bonchev–Trinajstić information content (AvgIpc) is 2.80. The standard InChI is InChI=1S/C19H25NO3/c1-13-16(11-19(21)22)17-10-15(23-2)8-9-18(17)20(13)12-14-6-4-3-5-7-14/h8-10,14H,3-7,11-12H2,1-2H3,(H,21,22). The van der Waals surface area contributed by atoms with Crippen LogP contribution in [-0.4, -0.2) is 22.8 Å². The van der Waals surface area contributed by atoms with E-state index in [0.717, 1.165) is 34.5 Å². The van der Waals surface area contributed by atoms with Crippen molar-refractivity contribution < 1.29 is 14.6 Å². The smallest absolute Gasteiger partial charge is 0.307 e. The van der Waals surface area contributed by atoms with Gasteiger partial charge in [0.25, 0.3) is 0 Å². The van der Waals surface area contributed by atoms with Crippen LogP contribution in [0.3, 0.4) is 0 Å². The number of hydrogen-bond donors (Lipinski definition) is 1. The van der Waals surface area contributed by atoms with Crippen LogP contribution in [0.5, 0.6) is 5.75 Å². The highest BCUT2D eigenvalue weighted by molar-refractivity contribution is 5.90. The van der Waals surface area contributed by atoms with Crippen LogP contribution in [0.25, 0.3) is 10.9 Å².